The monoisotopic (exact) mass is 441 g/mol. The quantitative estimate of drug-likeness (QED) is 0.202. The van der Waals surface area contributed by atoms with Crippen LogP contribution in [0.25, 0.3) is 0 Å². The van der Waals surface area contributed by atoms with Crippen molar-refractivity contribution in [1.29, 1.82) is 0 Å². The van der Waals surface area contributed by atoms with Crippen LogP contribution in [-0.2, 0) is 4.74 Å². The van der Waals surface area contributed by atoms with Crippen LogP contribution in [0.2, 0.25) is 0 Å². The van der Waals surface area contributed by atoms with Crippen LogP contribution in [0.4, 0.5) is 0 Å². The van der Waals surface area contributed by atoms with Crippen LogP contribution in [0.5, 0.6) is 11.6 Å². The zero-order valence-corrected chi connectivity index (χ0v) is 20.0. The summed E-state index contributed by atoms with van der Waals surface area (Å²) < 4.78 is 17.2. The van der Waals surface area contributed by atoms with E-state index in [1.54, 1.807) is 12.1 Å². The fraction of sp³-hybridized carbons (Fsp3) is 0.556. The van der Waals surface area contributed by atoms with Gasteiger partial charge in [0.15, 0.2) is 0 Å². The molecule has 0 N–H and O–H groups in total. The van der Waals surface area contributed by atoms with Crippen LogP contribution in [0, 0.1) is 0 Å². The second-order valence-corrected chi connectivity index (χ2v) is 8.07. The number of pyridine rings is 1. The van der Waals surface area contributed by atoms with E-state index in [0.29, 0.717) is 24.5 Å². The third-order valence-corrected chi connectivity index (χ3v) is 5.36. The molecule has 5 heteroatoms. The fourth-order valence-electron chi connectivity index (χ4n) is 3.37. The summed E-state index contributed by atoms with van der Waals surface area (Å²) in [5, 5.41) is 0. The molecule has 1 aromatic heterocycles. The van der Waals surface area contributed by atoms with Gasteiger partial charge in [0, 0.05) is 12.3 Å². The average Bonchev–Trinajstić information content (AvgIpc) is 2.83. The van der Waals surface area contributed by atoms with Crippen molar-refractivity contribution in [2.24, 2.45) is 0 Å². The van der Waals surface area contributed by atoms with E-state index >= 15 is 0 Å². The molecule has 32 heavy (non-hydrogen) atoms. The lowest BCUT2D eigenvalue weighted by Gasteiger charge is -2.17. The Balaban J connectivity index is 1.82. The lowest BCUT2D eigenvalue weighted by molar-refractivity contribution is 0.0287. The van der Waals surface area contributed by atoms with E-state index in [1.807, 2.05) is 31.2 Å². The molecule has 0 saturated heterocycles. The first-order valence-corrected chi connectivity index (χ1v) is 12.2. The van der Waals surface area contributed by atoms with Crippen molar-refractivity contribution < 1.29 is 19.0 Å². The molecule has 0 aliphatic heterocycles. The van der Waals surface area contributed by atoms with Gasteiger partial charge in [0.25, 0.3) is 0 Å². The molecule has 0 amide bonds. The number of carbonyl (C=O) groups is 1. The first-order valence-electron chi connectivity index (χ1n) is 12.2. The number of nitrogens with zero attached hydrogens (tertiary/aromatic N) is 1. The molecule has 2 aromatic rings. The molecule has 1 aromatic carbocycles. The van der Waals surface area contributed by atoms with Crippen molar-refractivity contribution in [3.8, 4) is 11.6 Å². The summed E-state index contributed by atoms with van der Waals surface area (Å²) >= 11 is 0. The first-order chi connectivity index (χ1) is 15.7. The molecule has 0 bridgehead atoms. The smallest absolute Gasteiger partial charge is 0.340 e. The van der Waals surface area contributed by atoms with E-state index in [2.05, 4.69) is 18.8 Å². The molecule has 0 spiro atoms. The highest BCUT2D eigenvalue weighted by Gasteiger charge is 2.17. The molecular formula is C27H39NO4. The largest absolute Gasteiger partial charge is 0.494 e. The molecule has 0 saturated carbocycles. The van der Waals surface area contributed by atoms with Gasteiger partial charge in [0.1, 0.15) is 11.9 Å². The van der Waals surface area contributed by atoms with Crippen LogP contribution in [0.1, 0.15) is 101 Å². The number of rotatable bonds is 16. The Labute approximate surface area is 193 Å². The molecule has 2 rings (SSSR count). The second-order valence-electron chi connectivity index (χ2n) is 8.07. The van der Waals surface area contributed by atoms with Crippen molar-refractivity contribution in [2.75, 3.05) is 13.2 Å². The van der Waals surface area contributed by atoms with Gasteiger partial charge >= 0.3 is 5.97 Å². The summed E-state index contributed by atoms with van der Waals surface area (Å²) in [5.41, 5.74) is 1.38. The van der Waals surface area contributed by atoms with Crippen molar-refractivity contribution >= 4 is 5.97 Å². The number of unbranched alkanes of at least 4 members (excludes halogenated alkanes) is 6. The summed E-state index contributed by atoms with van der Waals surface area (Å²) in [6, 6.07) is 11.2. The molecular weight excluding hydrogens is 402 g/mol. The zero-order valence-electron chi connectivity index (χ0n) is 20.0. The van der Waals surface area contributed by atoms with Crippen LogP contribution in [0.15, 0.2) is 42.6 Å². The molecule has 0 radical (unpaired) electrons. The summed E-state index contributed by atoms with van der Waals surface area (Å²) in [6.07, 6.45) is 11.2. The third kappa shape index (κ3) is 9.29. The fourth-order valence-corrected chi connectivity index (χ4v) is 3.37. The minimum absolute atomic E-state index is 0.310. The van der Waals surface area contributed by atoms with Gasteiger partial charge in [-0.25, -0.2) is 9.78 Å². The van der Waals surface area contributed by atoms with Crippen LogP contribution in [0.3, 0.4) is 0 Å². The predicted octanol–water partition coefficient (Wildman–Crippen LogP) is 7.31. The molecule has 0 fully saturated rings. The van der Waals surface area contributed by atoms with Gasteiger partial charge in [0.05, 0.1) is 18.8 Å². The third-order valence-electron chi connectivity index (χ3n) is 5.36. The predicted molar refractivity (Wildman–Crippen MR) is 128 cm³/mol. The summed E-state index contributed by atoms with van der Waals surface area (Å²) in [5.74, 6) is 1.00. The Morgan fingerprint density at radius 1 is 0.812 bits per heavy atom. The van der Waals surface area contributed by atoms with Crippen molar-refractivity contribution in [2.45, 2.75) is 84.7 Å². The SMILES string of the molecule is CCCCCCCOc1ccc(C(=O)OC(CC)c2ccc(OCCCCC)cc2)cn1. The number of carbonyl (C=O) groups excluding carboxylic acids is 1. The van der Waals surface area contributed by atoms with E-state index in [9.17, 15) is 4.79 Å². The highest BCUT2D eigenvalue weighted by molar-refractivity contribution is 5.89. The highest BCUT2D eigenvalue weighted by Crippen LogP contribution is 2.25. The number of hydrogen-bond donors (Lipinski definition) is 0. The van der Waals surface area contributed by atoms with E-state index < -0.39 is 0 Å². The maximum Gasteiger partial charge on any atom is 0.340 e. The molecule has 1 atom stereocenters. The average molecular weight is 442 g/mol. The van der Waals surface area contributed by atoms with E-state index in [1.165, 1.54) is 44.7 Å². The van der Waals surface area contributed by atoms with Crippen LogP contribution < -0.4 is 9.47 Å². The molecule has 176 valence electrons. The van der Waals surface area contributed by atoms with Gasteiger partial charge in [-0.1, -0.05) is 71.4 Å². The van der Waals surface area contributed by atoms with Crippen LogP contribution in [-0.4, -0.2) is 24.2 Å². The Hall–Kier alpha value is -2.56. The van der Waals surface area contributed by atoms with Gasteiger partial charge in [-0.15, -0.1) is 0 Å². The van der Waals surface area contributed by atoms with Crippen molar-refractivity contribution in [3.05, 3.63) is 53.7 Å². The van der Waals surface area contributed by atoms with Gasteiger partial charge in [-0.05, 0) is 43.0 Å². The molecule has 0 aliphatic rings. The van der Waals surface area contributed by atoms with Gasteiger partial charge in [-0.2, -0.15) is 0 Å². The highest BCUT2D eigenvalue weighted by atomic mass is 16.5. The number of esters is 1. The lowest BCUT2D eigenvalue weighted by Crippen LogP contribution is -2.11. The second kappa shape index (κ2) is 15.3. The van der Waals surface area contributed by atoms with E-state index in [-0.39, 0.29) is 12.1 Å². The lowest BCUT2D eigenvalue weighted by atomic mass is 10.1. The minimum atomic E-state index is -0.379. The Morgan fingerprint density at radius 3 is 2.12 bits per heavy atom. The van der Waals surface area contributed by atoms with Gasteiger partial charge in [0.2, 0.25) is 5.88 Å². The van der Waals surface area contributed by atoms with Crippen molar-refractivity contribution in [1.82, 2.24) is 4.98 Å². The number of ether oxygens (including phenoxy) is 3. The van der Waals surface area contributed by atoms with Crippen molar-refractivity contribution in [3.63, 3.8) is 0 Å². The van der Waals surface area contributed by atoms with E-state index in [4.69, 9.17) is 14.2 Å². The standard InChI is InChI=1S/C27H39NO4/c1-4-7-9-10-12-20-31-26-18-15-23(21-28-26)27(29)32-25(6-3)22-13-16-24(17-14-22)30-19-11-8-5-2/h13-18,21,25H,4-12,19-20H2,1-3H3. The molecule has 5 nitrogen and oxygen atoms in total. The summed E-state index contributed by atoms with van der Waals surface area (Å²) in [6.45, 7) is 7.76. The van der Waals surface area contributed by atoms with Gasteiger partial charge < -0.3 is 14.2 Å². The molecule has 1 heterocycles. The number of hydrogen-bond acceptors (Lipinski definition) is 5. The molecule has 0 aliphatic carbocycles. The normalized spacial score (nSPS) is 11.7. The number of benzene rings is 1. The zero-order chi connectivity index (χ0) is 23.0. The first kappa shape index (κ1) is 25.7. The Kier molecular flexibility index (Phi) is 12.3. The topological polar surface area (TPSA) is 57.7 Å². The molecule has 1 unspecified atom stereocenters. The maximum absolute atomic E-state index is 12.6. The minimum Gasteiger partial charge on any atom is -0.494 e. The maximum atomic E-state index is 12.6. The Morgan fingerprint density at radius 2 is 1.47 bits per heavy atom. The van der Waals surface area contributed by atoms with E-state index in [0.717, 1.165) is 30.8 Å². The Bertz CT molecular complexity index is 758. The van der Waals surface area contributed by atoms with Gasteiger partial charge in [-0.3, -0.25) is 0 Å². The summed E-state index contributed by atoms with van der Waals surface area (Å²) in [4.78, 5) is 16.9. The number of aromatic nitrogens is 1. The summed E-state index contributed by atoms with van der Waals surface area (Å²) in [7, 11) is 0. The van der Waals surface area contributed by atoms with Crippen LogP contribution >= 0.6 is 0 Å².